The number of carbonyl (C=O) groups is 1. The van der Waals surface area contributed by atoms with E-state index < -0.39 is 0 Å². The standard InChI is InChI=1S/C21H20Cl2N4O/c22-15-9-11-18(12-10-15)27-20(14-5-4-6-16(23)13-14)25-19(26-27)21(28)24-17-7-2-1-3-8-17/h4-6,9-13,17H,1-3,7-8H2,(H,24,28). The van der Waals surface area contributed by atoms with Crippen LogP contribution in [0.15, 0.2) is 48.5 Å². The lowest BCUT2D eigenvalue weighted by Gasteiger charge is -2.21. The quantitative estimate of drug-likeness (QED) is 0.629. The van der Waals surface area contributed by atoms with Crippen molar-refractivity contribution in [3.63, 3.8) is 0 Å². The Balaban J connectivity index is 1.71. The van der Waals surface area contributed by atoms with Gasteiger partial charge in [0.1, 0.15) is 0 Å². The van der Waals surface area contributed by atoms with Gasteiger partial charge in [-0.1, -0.05) is 54.6 Å². The molecule has 1 heterocycles. The first-order valence-electron chi connectivity index (χ1n) is 9.40. The molecule has 0 radical (unpaired) electrons. The van der Waals surface area contributed by atoms with Crippen molar-refractivity contribution in [3.8, 4) is 17.1 Å². The third-order valence-corrected chi connectivity index (χ3v) is 5.39. The molecule has 1 aliphatic rings. The summed E-state index contributed by atoms with van der Waals surface area (Å²) in [5.41, 5.74) is 1.55. The summed E-state index contributed by atoms with van der Waals surface area (Å²) in [6.45, 7) is 0. The summed E-state index contributed by atoms with van der Waals surface area (Å²) < 4.78 is 1.65. The van der Waals surface area contributed by atoms with Crippen LogP contribution in [0.25, 0.3) is 17.1 Å². The average molecular weight is 415 g/mol. The Morgan fingerprint density at radius 2 is 1.75 bits per heavy atom. The van der Waals surface area contributed by atoms with E-state index in [1.54, 1.807) is 28.9 Å². The molecule has 0 unspecified atom stereocenters. The first kappa shape index (κ1) is 19.0. The molecule has 1 N–H and O–H groups in total. The number of hydrogen-bond donors (Lipinski definition) is 1. The van der Waals surface area contributed by atoms with Crippen LogP contribution < -0.4 is 5.32 Å². The fourth-order valence-corrected chi connectivity index (χ4v) is 3.80. The maximum absolute atomic E-state index is 12.8. The molecule has 3 aromatic rings. The summed E-state index contributed by atoms with van der Waals surface area (Å²) in [6, 6.07) is 14.8. The number of nitrogens with zero attached hydrogens (tertiary/aromatic N) is 3. The summed E-state index contributed by atoms with van der Waals surface area (Å²) >= 11 is 12.2. The van der Waals surface area contributed by atoms with Crippen molar-refractivity contribution in [2.75, 3.05) is 0 Å². The predicted molar refractivity (Wildman–Crippen MR) is 111 cm³/mol. The van der Waals surface area contributed by atoms with Gasteiger partial charge < -0.3 is 5.32 Å². The van der Waals surface area contributed by atoms with Gasteiger partial charge in [0.05, 0.1) is 5.69 Å². The zero-order valence-corrected chi connectivity index (χ0v) is 16.7. The van der Waals surface area contributed by atoms with Gasteiger partial charge in [0, 0.05) is 21.7 Å². The van der Waals surface area contributed by atoms with Crippen molar-refractivity contribution in [3.05, 3.63) is 64.4 Å². The van der Waals surface area contributed by atoms with Gasteiger partial charge in [0.15, 0.2) is 5.82 Å². The molecule has 0 bridgehead atoms. The summed E-state index contributed by atoms with van der Waals surface area (Å²) in [6.07, 6.45) is 5.53. The van der Waals surface area contributed by atoms with Crippen LogP contribution in [0.5, 0.6) is 0 Å². The van der Waals surface area contributed by atoms with E-state index in [9.17, 15) is 4.79 Å². The zero-order valence-electron chi connectivity index (χ0n) is 15.2. The molecule has 1 saturated carbocycles. The molecular weight excluding hydrogens is 395 g/mol. The molecular formula is C21H20Cl2N4O. The van der Waals surface area contributed by atoms with Crippen molar-refractivity contribution in [1.82, 2.24) is 20.1 Å². The lowest BCUT2D eigenvalue weighted by molar-refractivity contribution is 0.0917. The summed E-state index contributed by atoms with van der Waals surface area (Å²) in [4.78, 5) is 17.3. The predicted octanol–water partition coefficient (Wildman–Crippen LogP) is 5.30. The molecule has 1 aromatic heterocycles. The highest BCUT2D eigenvalue weighted by molar-refractivity contribution is 6.31. The fourth-order valence-electron chi connectivity index (χ4n) is 3.48. The second-order valence-corrected chi connectivity index (χ2v) is 7.84. The maximum Gasteiger partial charge on any atom is 0.291 e. The molecule has 2 aromatic carbocycles. The molecule has 4 rings (SSSR count). The Morgan fingerprint density at radius 3 is 2.46 bits per heavy atom. The van der Waals surface area contributed by atoms with Gasteiger partial charge in [-0.05, 0) is 49.2 Å². The Labute approximate surface area is 173 Å². The number of rotatable bonds is 4. The highest BCUT2D eigenvalue weighted by atomic mass is 35.5. The molecule has 28 heavy (non-hydrogen) atoms. The molecule has 0 saturated heterocycles. The van der Waals surface area contributed by atoms with Crippen molar-refractivity contribution in [1.29, 1.82) is 0 Å². The van der Waals surface area contributed by atoms with E-state index in [-0.39, 0.29) is 17.8 Å². The van der Waals surface area contributed by atoms with Gasteiger partial charge in [0.25, 0.3) is 5.91 Å². The van der Waals surface area contributed by atoms with Crippen LogP contribution in [0.4, 0.5) is 0 Å². The highest BCUT2D eigenvalue weighted by Crippen LogP contribution is 2.25. The lowest BCUT2D eigenvalue weighted by Crippen LogP contribution is -2.36. The van der Waals surface area contributed by atoms with Crippen LogP contribution in [-0.4, -0.2) is 26.7 Å². The SMILES string of the molecule is O=C(NC1CCCCC1)c1nc(-c2cccc(Cl)c2)n(-c2ccc(Cl)cc2)n1. The monoisotopic (exact) mass is 414 g/mol. The van der Waals surface area contributed by atoms with Gasteiger partial charge in [0.2, 0.25) is 5.82 Å². The zero-order chi connectivity index (χ0) is 19.5. The molecule has 1 amide bonds. The second-order valence-electron chi connectivity index (χ2n) is 6.97. The van der Waals surface area contributed by atoms with Crippen molar-refractivity contribution in [2.45, 2.75) is 38.1 Å². The molecule has 1 aliphatic carbocycles. The van der Waals surface area contributed by atoms with Crippen molar-refractivity contribution >= 4 is 29.1 Å². The van der Waals surface area contributed by atoms with Gasteiger partial charge in [-0.25, -0.2) is 9.67 Å². The Hall–Kier alpha value is -2.37. The third kappa shape index (κ3) is 4.21. The van der Waals surface area contributed by atoms with Crippen LogP contribution in [0.3, 0.4) is 0 Å². The largest absolute Gasteiger partial charge is 0.347 e. The van der Waals surface area contributed by atoms with Crippen LogP contribution in [0.1, 0.15) is 42.7 Å². The van der Waals surface area contributed by atoms with E-state index in [4.69, 9.17) is 23.2 Å². The number of nitrogens with one attached hydrogen (secondary N) is 1. The topological polar surface area (TPSA) is 59.8 Å². The Morgan fingerprint density at radius 1 is 1.00 bits per heavy atom. The number of amides is 1. The second kappa shape index (κ2) is 8.33. The minimum atomic E-state index is -0.247. The molecule has 7 heteroatoms. The highest BCUT2D eigenvalue weighted by Gasteiger charge is 2.22. The molecule has 5 nitrogen and oxygen atoms in total. The third-order valence-electron chi connectivity index (χ3n) is 4.90. The van der Waals surface area contributed by atoms with Crippen molar-refractivity contribution < 1.29 is 4.79 Å². The molecule has 0 spiro atoms. The van der Waals surface area contributed by atoms with E-state index >= 15 is 0 Å². The van der Waals surface area contributed by atoms with E-state index in [0.29, 0.717) is 15.9 Å². The average Bonchev–Trinajstić information content (AvgIpc) is 3.15. The van der Waals surface area contributed by atoms with Gasteiger partial charge in [-0.2, -0.15) is 0 Å². The summed E-state index contributed by atoms with van der Waals surface area (Å²) in [5, 5.41) is 8.79. The Bertz CT molecular complexity index is 978. The van der Waals surface area contributed by atoms with E-state index in [1.807, 2.05) is 24.3 Å². The first-order chi connectivity index (χ1) is 13.6. The Kier molecular flexibility index (Phi) is 5.64. The van der Waals surface area contributed by atoms with Crippen molar-refractivity contribution in [2.24, 2.45) is 0 Å². The number of benzene rings is 2. The number of halogens is 2. The smallest absolute Gasteiger partial charge is 0.291 e. The van der Waals surface area contributed by atoms with E-state index in [2.05, 4.69) is 15.4 Å². The van der Waals surface area contributed by atoms with Crippen LogP contribution >= 0.6 is 23.2 Å². The molecule has 144 valence electrons. The van der Waals surface area contributed by atoms with E-state index in [1.165, 1.54) is 6.42 Å². The molecule has 0 aliphatic heterocycles. The normalized spacial score (nSPS) is 14.8. The van der Waals surface area contributed by atoms with Gasteiger partial charge >= 0.3 is 0 Å². The maximum atomic E-state index is 12.8. The van der Waals surface area contributed by atoms with Gasteiger partial charge in [-0.15, -0.1) is 5.10 Å². The first-order valence-corrected chi connectivity index (χ1v) is 10.2. The minimum absolute atomic E-state index is 0.149. The fraction of sp³-hybridized carbons (Fsp3) is 0.286. The van der Waals surface area contributed by atoms with Gasteiger partial charge in [-0.3, -0.25) is 4.79 Å². The number of hydrogen-bond acceptors (Lipinski definition) is 3. The van der Waals surface area contributed by atoms with Crippen LogP contribution in [0, 0.1) is 0 Å². The lowest BCUT2D eigenvalue weighted by atomic mass is 9.95. The van der Waals surface area contributed by atoms with Crippen LogP contribution in [0.2, 0.25) is 10.0 Å². The number of carbonyl (C=O) groups excluding carboxylic acids is 1. The van der Waals surface area contributed by atoms with E-state index in [0.717, 1.165) is 36.9 Å². The summed E-state index contributed by atoms with van der Waals surface area (Å²) in [7, 11) is 0. The molecule has 1 fully saturated rings. The number of aromatic nitrogens is 3. The summed E-state index contributed by atoms with van der Waals surface area (Å²) in [5.74, 6) is 0.456. The minimum Gasteiger partial charge on any atom is -0.347 e. The van der Waals surface area contributed by atoms with Crippen LogP contribution in [-0.2, 0) is 0 Å². The molecule has 0 atom stereocenters.